The molecule has 0 radical (unpaired) electrons. The minimum atomic E-state index is 0.621. The molecule has 0 atom stereocenters. The number of aromatic nitrogens is 1. The van der Waals surface area contributed by atoms with Gasteiger partial charge in [-0.05, 0) is 19.9 Å². The third kappa shape index (κ3) is 2.04. The molecule has 1 aliphatic carbocycles. The van der Waals surface area contributed by atoms with E-state index in [-0.39, 0.29) is 0 Å². The fraction of sp³-hybridized carbons (Fsp3) is 0.357. The highest BCUT2D eigenvalue weighted by molar-refractivity contribution is 7.15. The number of rotatable bonds is 4. The smallest absolute Gasteiger partial charge is 0.180 e. The van der Waals surface area contributed by atoms with Gasteiger partial charge < -0.3 is 15.2 Å². The molecule has 0 bridgehead atoms. The van der Waals surface area contributed by atoms with Crippen molar-refractivity contribution in [2.75, 3.05) is 18.9 Å². The van der Waals surface area contributed by atoms with Crippen LogP contribution < -0.4 is 15.2 Å². The van der Waals surface area contributed by atoms with Crippen molar-refractivity contribution in [3.63, 3.8) is 0 Å². The minimum absolute atomic E-state index is 0.621. The summed E-state index contributed by atoms with van der Waals surface area (Å²) >= 11 is 1.55. The van der Waals surface area contributed by atoms with Crippen molar-refractivity contribution in [2.24, 2.45) is 0 Å². The average molecular weight is 276 g/mol. The zero-order chi connectivity index (χ0) is 13.4. The molecule has 0 saturated heterocycles. The summed E-state index contributed by atoms with van der Waals surface area (Å²) in [6, 6.07) is 4.00. The molecule has 1 heterocycles. The molecule has 3 rings (SSSR count). The maximum Gasteiger partial charge on any atom is 0.180 e. The SMILES string of the molecule is CCOc1cc(OCC)c2c(c1)-c1nc(N)sc1C2. The van der Waals surface area contributed by atoms with Crippen molar-refractivity contribution in [1.82, 2.24) is 4.98 Å². The summed E-state index contributed by atoms with van der Waals surface area (Å²) in [5.41, 5.74) is 9.06. The molecule has 0 aliphatic heterocycles. The van der Waals surface area contributed by atoms with Gasteiger partial charge >= 0.3 is 0 Å². The first-order chi connectivity index (χ1) is 9.22. The lowest BCUT2D eigenvalue weighted by Crippen LogP contribution is -1.99. The van der Waals surface area contributed by atoms with E-state index in [4.69, 9.17) is 15.2 Å². The van der Waals surface area contributed by atoms with Crippen LogP contribution >= 0.6 is 11.3 Å². The van der Waals surface area contributed by atoms with Crippen LogP contribution in [-0.2, 0) is 6.42 Å². The predicted molar refractivity (Wildman–Crippen MR) is 77.1 cm³/mol. The van der Waals surface area contributed by atoms with E-state index in [1.54, 1.807) is 11.3 Å². The van der Waals surface area contributed by atoms with E-state index in [1.165, 1.54) is 10.4 Å². The van der Waals surface area contributed by atoms with Crippen molar-refractivity contribution in [2.45, 2.75) is 20.3 Å². The van der Waals surface area contributed by atoms with Crippen molar-refractivity contribution < 1.29 is 9.47 Å². The first-order valence-electron chi connectivity index (χ1n) is 6.41. The number of fused-ring (bicyclic) bond motifs is 3. The van der Waals surface area contributed by atoms with E-state index < -0.39 is 0 Å². The summed E-state index contributed by atoms with van der Waals surface area (Å²) in [6.07, 6.45) is 0.848. The third-order valence-electron chi connectivity index (χ3n) is 3.10. The van der Waals surface area contributed by atoms with Crippen LogP contribution in [0.2, 0.25) is 0 Å². The fourth-order valence-corrected chi connectivity index (χ4v) is 3.27. The van der Waals surface area contributed by atoms with Gasteiger partial charge in [-0.25, -0.2) is 4.98 Å². The van der Waals surface area contributed by atoms with Gasteiger partial charge in [0.2, 0.25) is 0 Å². The molecule has 19 heavy (non-hydrogen) atoms. The molecule has 100 valence electrons. The van der Waals surface area contributed by atoms with Gasteiger partial charge in [-0.15, -0.1) is 11.3 Å². The van der Waals surface area contributed by atoms with Crippen LogP contribution in [0, 0.1) is 0 Å². The van der Waals surface area contributed by atoms with Crippen molar-refractivity contribution in [3.05, 3.63) is 22.6 Å². The number of nitrogens with zero attached hydrogens (tertiary/aromatic N) is 1. The van der Waals surface area contributed by atoms with Gasteiger partial charge in [0, 0.05) is 28.5 Å². The molecule has 4 nitrogen and oxygen atoms in total. The molecule has 0 saturated carbocycles. The molecule has 1 aromatic carbocycles. The van der Waals surface area contributed by atoms with Crippen LogP contribution in [0.4, 0.5) is 5.13 Å². The number of ether oxygens (including phenoxy) is 2. The molecular formula is C14H16N2O2S. The first-order valence-corrected chi connectivity index (χ1v) is 7.22. The number of thiazole rings is 1. The summed E-state index contributed by atoms with van der Waals surface area (Å²) < 4.78 is 11.3. The molecule has 0 unspecified atom stereocenters. The van der Waals surface area contributed by atoms with Crippen LogP contribution in [0.3, 0.4) is 0 Å². The van der Waals surface area contributed by atoms with Crippen molar-refractivity contribution in [3.8, 4) is 22.8 Å². The van der Waals surface area contributed by atoms with Crippen molar-refractivity contribution >= 4 is 16.5 Å². The van der Waals surface area contributed by atoms with Gasteiger partial charge in [0.05, 0.1) is 18.9 Å². The molecule has 2 aromatic rings. The number of nitrogen functional groups attached to an aromatic ring is 1. The molecular weight excluding hydrogens is 260 g/mol. The normalized spacial score (nSPS) is 12.1. The number of hydrogen-bond acceptors (Lipinski definition) is 5. The average Bonchev–Trinajstić information content (AvgIpc) is 2.87. The summed E-state index contributed by atoms with van der Waals surface area (Å²) in [5.74, 6) is 1.72. The summed E-state index contributed by atoms with van der Waals surface area (Å²) in [6.45, 7) is 5.24. The molecule has 0 amide bonds. The fourth-order valence-electron chi connectivity index (χ4n) is 2.41. The Kier molecular flexibility index (Phi) is 3.06. The summed E-state index contributed by atoms with van der Waals surface area (Å²) in [7, 11) is 0. The molecule has 1 aromatic heterocycles. The Morgan fingerprint density at radius 2 is 2.05 bits per heavy atom. The Labute approximate surface area is 116 Å². The van der Waals surface area contributed by atoms with Crippen LogP contribution in [0.1, 0.15) is 24.3 Å². The second-order valence-electron chi connectivity index (χ2n) is 4.31. The Hall–Kier alpha value is -1.75. The first kappa shape index (κ1) is 12.3. The number of nitrogens with two attached hydrogens (primary N) is 1. The van der Waals surface area contributed by atoms with Crippen LogP contribution in [-0.4, -0.2) is 18.2 Å². The topological polar surface area (TPSA) is 57.4 Å². The lowest BCUT2D eigenvalue weighted by Gasteiger charge is -2.12. The third-order valence-corrected chi connectivity index (χ3v) is 3.98. The molecule has 2 N–H and O–H groups in total. The van der Waals surface area contributed by atoms with E-state index in [0.29, 0.717) is 18.3 Å². The maximum atomic E-state index is 5.78. The standard InChI is InChI=1S/C14H16N2O2S/c1-3-17-8-5-10-9(11(6-8)18-4-2)7-12-13(10)16-14(15)19-12/h5-6H,3-4,7H2,1-2H3,(H2,15,16). The molecule has 1 aliphatic rings. The zero-order valence-corrected chi connectivity index (χ0v) is 11.8. The molecule has 0 fully saturated rings. The minimum Gasteiger partial charge on any atom is -0.494 e. The lowest BCUT2D eigenvalue weighted by atomic mass is 10.1. The number of benzene rings is 1. The predicted octanol–water partition coefficient (Wildman–Crippen LogP) is 3.09. The Bertz CT molecular complexity index is 622. The lowest BCUT2D eigenvalue weighted by molar-refractivity contribution is 0.321. The molecule has 5 heteroatoms. The Morgan fingerprint density at radius 1 is 1.26 bits per heavy atom. The number of anilines is 1. The highest BCUT2D eigenvalue weighted by Crippen LogP contribution is 2.46. The second kappa shape index (κ2) is 4.74. The second-order valence-corrected chi connectivity index (χ2v) is 5.43. The van der Waals surface area contributed by atoms with Gasteiger partial charge in [0.1, 0.15) is 11.5 Å². The van der Waals surface area contributed by atoms with E-state index in [2.05, 4.69) is 4.98 Å². The highest BCUT2D eigenvalue weighted by atomic mass is 32.1. The van der Waals surface area contributed by atoms with Gasteiger partial charge in [0.15, 0.2) is 5.13 Å². The van der Waals surface area contributed by atoms with E-state index in [1.807, 2.05) is 26.0 Å². The monoisotopic (exact) mass is 276 g/mol. The van der Waals surface area contributed by atoms with Crippen LogP contribution in [0.25, 0.3) is 11.3 Å². The zero-order valence-electron chi connectivity index (χ0n) is 11.0. The van der Waals surface area contributed by atoms with Gasteiger partial charge in [0.25, 0.3) is 0 Å². The highest BCUT2D eigenvalue weighted by Gasteiger charge is 2.27. The van der Waals surface area contributed by atoms with E-state index in [0.717, 1.165) is 29.2 Å². The van der Waals surface area contributed by atoms with E-state index >= 15 is 0 Å². The maximum absolute atomic E-state index is 5.78. The quantitative estimate of drug-likeness (QED) is 0.795. The van der Waals surface area contributed by atoms with Crippen molar-refractivity contribution in [1.29, 1.82) is 0 Å². The Morgan fingerprint density at radius 3 is 2.79 bits per heavy atom. The summed E-state index contributed by atoms with van der Waals surface area (Å²) in [4.78, 5) is 5.63. The van der Waals surface area contributed by atoms with E-state index in [9.17, 15) is 0 Å². The van der Waals surface area contributed by atoms with Crippen LogP contribution in [0.15, 0.2) is 12.1 Å². The van der Waals surface area contributed by atoms with Gasteiger partial charge in [-0.1, -0.05) is 0 Å². The largest absolute Gasteiger partial charge is 0.494 e. The van der Waals surface area contributed by atoms with Crippen LogP contribution in [0.5, 0.6) is 11.5 Å². The molecule has 0 spiro atoms. The Balaban J connectivity index is 2.12. The van der Waals surface area contributed by atoms with Gasteiger partial charge in [-0.3, -0.25) is 0 Å². The van der Waals surface area contributed by atoms with Gasteiger partial charge in [-0.2, -0.15) is 0 Å². The summed E-state index contributed by atoms with van der Waals surface area (Å²) in [5, 5.41) is 0.621. The number of hydrogen-bond donors (Lipinski definition) is 1.